The van der Waals surface area contributed by atoms with Gasteiger partial charge in [-0.25, -0.2) is 4.39 Å². The Morgan fingerprint density at radius 2 is 1.83 bits per heavy atom. The summed E-state index contributed by atoms with van der Waals surface area (Å²) in [6.07, 6.45) is 0. The third-order valence-electron chi connectivity index (χ3n) is 2.54. The predicted octanol–water partition coefficient (Wildman–Crippen LogP) is 3.99. The predicted molar refractivity (Wildman–Crippen MR) is 78.2 cm³/mol. The molecule has 2 rings (SSSR count). The van der Waals surface area contributed by atoms with E-state index < -0.39 is 0 Å². The molecule has 0 atom stereocenters. The maximum atomic E-state index is 13.4. The fraction of sp³-hybridized carbons (Fsp3) is 0.0714. The highest BCUT2D eigenvalue weighted by Gasteiger charge is 2.08. The molecule has 0 bridgehead atoms. The number of anilines is 1. The second kappa shape index (κ2) is 5.48. The number of aryl methyl sites for hydroxylation is 1. The average Bonchev–Trinajstić information content (AvgIpc) is 2.35. The van der Waals surface area contributed by atoms with E-state index in [1.54, 1.807) is 19.1 Å². The molecule has 2 aromatic rings. The summed E-state index contributed by atoms with van der Waals surface area (Å²) in [6.45, 7) is 1.66. The Morgan fingerprint density at radius 3 is 2.44 bits per heavy atom. The van der Waals surface area contributed by atoms with Crippen LogP contribution in [0.1, 0.15) is 15.9 Å². The van der Waals surface area contributed by atoms with Crippen LogP contribution in [0.25, 0.3) is 0 Å². The van der Waals surface area contributed by atoms with E-state index in [-0.39, 0.29) is 11.7 Å². The van der Waals surface area contributed by atoms with Crippen molar-refractivity contribution in [1.82, 2.24) is 0 Å². The molecule has 0 spiro atoms. The van der Waals surface area contributed by atoms with Crippen LogP contribution in [0.2, 0.25) is 0 Å². The van der Waals surface area contributed by atoms with E-state index in [1.165, 1.54) is 6.07 Å². The van der Waals surface area contributed by atoms with Crippen molar-refractivity contribution in [3.8, 4) is 0 Å². The Hall–Kier alpha value is -1.43. The summed E-state index contributed by atoms with van der Waals surface area (Å²) >= 11 is 2.19. The van der Waals surface area contributed by atoms with E-state index in [2.05, 4.69) is 27.9 Å². The minimum atomic E-state index is -0.370. The molecule has 1 N–H and O–H groups in total. The molecule has 0 heterocycles. The zero-order valence-electron chi connectivity index (χ0n) is 9.71. The number of nitrogens with one attached hydrogen (secondary N) is 1. The zero-order valence-corrected chi connectivity index (χ0v) is 11.9. The van der Waals surface area contributed by atoms with Crippen molar-refractivity contribution in [2.45, 2.75) is 6.92 Å². The summed E-state index contributed by atoms with van der Waals surface area (Å²) in [7, 11) is 0. The summed E-state index contributed by atoms with van der Waals surface area (Å²) < 4.78 is 14.4. The summed E-state index contributed by atoms with van der Waals surface area (Å²) in [6, 6.07) is 11.9. The second-order valence-electron chi connectivity index (χ2n) is 3.92. The molecule has 4 heteroatoms. The van der Waals surface area contributed by atoms with Crippen LogP contribution in [0, 0.1) is 16.3 Å². The van der Waals surface area contributed by atoms with Crippen LogP contribution in [0.15, 0.2) is 42.5 Å². The minimum Gasteiger partial charge on any atom is -0.322 e. The van der Waals surface area contributed by atoms with E-state index in [4.69, 9.17) is 0 Å². The van der Waals surface area contributed by atoms with Gasteiger partial charge in [-0.15, -0.1) is 0 Å². The van der Waals surface area contributed by atoms with E-state index in [1.807, 2.05) is 24.3 Å². The number of benzene rings is 2. The molecule has 92 valence electrons. The molecule has 18 heavy (non-hydrogen) atoms. The number of amides is 1. The molecule has 0 saturated carbocycles. The molecule has 0 aliphatic rings. The van der Waals surface area contributed by atoms with Crippen molar-refractivity contribution in [3.05, 3.63) is 63.0 Å². The quantitative estimate of drug-likeness (QED) is 0.811. The number of carbonyl (C=O) groups excluding carboxylic acids is 1. The monoisotopic (exact) mass is 355 g/mol. The van der Waals surface area contributed by atoms with Gasteiger partial charge < -0.3 is 5.32 Å². The Balaban J connectivity index is 2.16. The molecule has 2 aromatic carbocycles. The van der Waals surface area contributed by atoms with Crippen molar-refractivity contribution >= 4 is 34.2 Å². The first-order valence-electron chi connectivity index (χ1n) is 5.39. The Labute approximate surface area is 118 Å². The highest BCUT2D eigenvalue weighted by molar-refractivity contribution is 14.1. The molecule has 0 radical (unpaired) electrons. The van der Waals surface area contributed by atoms with Crippen molar-refractivity contribution < 1.29 is 9.18 Å². The molecule has 0 fully saturated rings. The third-order valence-corrected chi connectivity index (χ3v) is 3.26. The van der Waals surface area contributed by atoms with Gasteiger partial charge >= 0.3 is 0 Å². The maximum Gasteiger partial charge on any atom is 0.255 e. The van der Waals surface area contributed by atoms with Crippen LogP contribution in [0.5, 0.6) is 0 Å². The lowest BCUT2D eigenvalue weighted by Crippen LogP contribution is -2.12. The van der Waals surface area contributed by atoms with Gasteiger partial charge in [0.05, 0.1) is 0 Å². The van der Waals surface area contributed by atoms with E-state index in [0.717, 1.165) is 3.57 Å². The van der Waals surface area contributed by atoms with Gasteiger partial charge in [-0.3, -0.25) is 4.79 Å². The lowest BCUT2D eigenvalue weighted by molar-refractivity contribution is 0.102. The number of carbonyl (C=O) groups is 1. The largest absolute Gasteiger partial charge is 0.322 e. The lowest BCUT2D eigenvalue weighted by Gasteiger charge is -2.06. The van der Waals surface area contributed by atoms with Crippen molar-refractivity contribution in [3.63, 3.8) is 0 Å². The van der Waals surface area contributed by atoms with Crippen molar-refractivity contribution in [2.24, 2.45) is 0 Å². The Morgan fingerprint density at radius 1 is 1.17 bits per heavy atom. The number of hydrogen-bond donors (Lipinski definition) is 1. The van der Waals surface area contributed by atoms with Crippen LogP contribution >= 0.6 is 22.6 Å². The molecule has 0 aliphatic carbocycles. The maximum absolute atomic E-state index is 13.4. The summed E-state index contributed by atoms with van der Waals surface area (Å²) in [5.41, 5.74) is 1.54. The standard InChI is InChI=1S/C14H11FINO/c1-9-2-3-10(8-13(9)15)14(18)17-12-6-4-11(16)5-7-12/h2-8H,1H3,(H,17,18). The number of halogens is 2. The van der Waals surface area contributed by atoms with Gasteiger partial charge in [-0.05, 0) is 71.5 Å². The van der Waals surface area contributed by atoms with E-state index >= 15 is 0 Å². The molecule has 0 saturated heterocycles. The summed E-state index contributed by atoms with van der Waals surface area (Å²) in [5, 5.41) is 2.72. The first-order valence-corrected chi connectivity index (χ1v) is 6.47. The smallest absolute Gasteiger partial charge is 0.255 e. The van der Waals surface area contributed by atoms with Gasteiger partial charge in [0, 0.05) is 14.8 Å². The van der Waals surface area contributed by atoms with Gasteiger partial charge in [-0.2, -0.15) is 0 Å². The van der Waals surface area contributed by atoms with Crippen LogP contribution in [-0.2, 0) is 0 Å². The van der Waals surface area contributed by atoms with Crippen LogP contribution in [-0.4, -0.2) is 5.91 Å². The first kappa shape index (κ1) is 13.0. The highest BCUT2D eigenvalue weighted by Crippen LogP contribution is 2.14. The normalized spacial score (nSPS) is 10.2. The third kappa shape index (κ3) is 3.07. The summed E-state index contributed by atoms with van der Waals surface area (Å²) in [4.78, 5) is 11.9. The zero-order chi connectivity index (χ0) is 13.1. The van der Waals surface area contributed by atoms with Crippen molar-refractivity contribution in [1.29, 1.82) is 0 Å². The molecular weight excluding hydrogens is 344 g/mol. The summed E-state index contributed by atoms with van der Waals surface area (Å²) in [5.74, 6) is -0.680. The average molecular weight is 355 g/mol. The van der Waals surface area contributed by atoms with Crippen LogP contribution < -0.4 is 5.32 Å². The Bertz CT molecular complexity index is 581. The van der Waals surface area contributed by atoms with Gasteiger partial charge in [0.2, 0.25) is 0 Å². The number of hydrogen-bond acceptors (Lipinski definition) is 1. The first-order chi connectivity index (χ1) is 8.56. The second-order valence-corrected chi connectivity index (χ2v) is 5.17. The van der Waals surface area contributed by atoms with Gasteiger partial charge in [0.1, 0.15) is 5.82 Å². The van der Waals surface area contributed by atoms with Gasteiger partial charge in [0.15, 0.2) is 0 Å². The number of rotatable bonds is 2. The highest BCUT2D eigenvalue weighted by atomic mass is 127. The molecule has 2 nitrogen and oxygen atoms in total. The van der Waals surface area contributed by atoms with Crippen LogP contribution in [0.4, 0.5) is 10.1 Å². The fourth-order valence-electron chi connectivity index (χ4n) is 1.47. The van der Waals surface area contributed by atoms with Crippen molar-refractivity contribution in [2.75, 3.05) is 5.32 Å². The van der Waals surface area contributed by atoms with Crippen LogP contribution in [0.3, 0.4) is 0 Å². The topological polar surface area (TPSA) is 29.1 Å². The van der Waals surface area contributed by atoms with Gasteiger partial charge in [0.25, 0.3) is 5.91 Å². The SMILES string of the molecule is Cc1ccc(C(=O)Nc2ccc(I)cc2)cc1F. The lowest BCUT2D eigenvalue weighted by atomic mass is 10.1. The van der Waals surface area contributed by atoms with E-state index in [9.17, 15) is 9.18 Å². The van der Waals surface area contributed by atoms with E-state index in [0.29, 0.717) is 16.8 Å². The molecule has 0 aromatic heterocycles. The fourth-order valence-corrected chi connectivity index (χ4v) is 1.83. The molecule has 1 amide bonds. The van der Waals surface area contributed by atoms with Gasteiger partial charge in [-0.1, -0.05) is 6.07 Å². The molecule has 0 aliphatic heterocycles. The minimum absolute atomic E-state index is 0.310. The Kier molecular flexibility index (Phi) is 3.96. The molecular formula is C14H11FINO. The molecule has 0 unspecified atom stereocenters.